The molecule has 22 heavy (non-hydrogen) atoms. The van der Waals surface area contributed by atoms with Gasteiger partial charge in [-0.1, -0.05) is 23.3 Å². The quantitative estimate of drug-likeness (QED) is 0.354. The molecule has 10 heteroatoms. The van der Waals surface area contributed by atoms with Gasteiger partial charge in [-0.3, -0.25) is 4.79 Å². The molecule has 120 valence electrons. The van der Waals surface area contributed by atoms with Gasteiger partial charge in [0.2, 0.25) is 0 Å². The molecule has 0 saturated heterocycles. The van der Waals surface area contributed by atoms with E-state index in [1.165, 1.54) is 4.90 Å². The fourth-order valence-electron chi connectivity index (χ4n) is 1.62. The van der Waals surface area contributed by atoms with Crippen molar-refractivity contribution in [2.45, 2.75) is 10.6 Å². The van der Waals surface area contributed by atoms with Crippen molar-refractivity contribution >= 4 is 51.1 Å². The highest BCUT2D eigenvalue weighted by atomic mass is 35.5. The molecular formula is C12H12Cl2F2N3O2S+. The third-order valence-corrected chi connectivity index (χ3v) is 5.64. The van der Waals surface area contributed by atoms with Gasteiger partial charge in [-0.15, -0.1) is 4.53 Å². The summed E-state index contributed by atoms with van der Waals surface area (Å²) in [6, 6.07) is 8.85. The average Bonchev–Trinajstić information content (AvgIpc) is 2.80. The highest BCUT2D eigenvalue weighted by Crippen LogP contribution is 2.31. The number of hydrogen-bond acceptors (Lipinski definition) is 4. The number of para-hydroxylation sites is 1. The lowest BCUT2D eigenvalue weighted by Gasteiger charge is -2.16. The van der Waals surface area contributed by atoms with Gasteiger partial charge in [0, 0.05) is 24.5 Å². The number of carbonyl (C=O) groups is 1. The molecule has 0 fully saturated rings. The third kappa shape index (κ3) is 3.74. The second-order valence-electron chi connectivity index (χ2n) is 4.16. The minimum atomic E-state index is -2.77. The van der Waals surface area contributed by atoms with Crippen LogP contribution in [0.3, 0.4) is 0 Å². The number of ether oxygens (including phenoxy) is 1. The molecule has 0 aromatic heterocycles. The van der Waals surface area contributed by atoms with Gasteiger partial charge in [-0.05, 0) is 23.7 Å². The van der Waals surface area contributed by atoms with E-state index in [4.69, 9.17) is 28.1 Å². The van der Waals surface area contributed by atoms with Crippen molar-refractivity contribution in [1.29, 1.82) is 0 Å². The first-order chi connectivity index (χ1) is 10.4. The molecule has 1 aliphatic heterocycles. The number of amides is 1. The number of anilines is 1. The molecule has 2 unspecified atom stereocenters. The molecule has 1 amide bonds. The number of likely N-dealkylation sites (N-methyl/N-ethyl adjacent to an activating group) is 1. The number of carbonyl (C=O) groups excluding carboxylic acids is 1. The van der Waals surface area contributed by atoms with Crippen molar-refractivity contribution in [3.8, 4) is 0 Å². The Hall–Kier alpha value is -1.25. The largest absolute Gasteiger partial charge is 0.440 e. The number of nitrogens with zero attached hydrogens (tertiary/aromatic N) is 3. The number of hydrazone groups is 1. The molecule has 1 heterocycles. The minimum absolute atomic E-state index is 0.320. The normalized spacial score (nSPS) is 21.0. The molecule has 0 spiro atoms. The number of benzene rings is 1. The first-order valence-electron chi connectivity index (χ1n) is 6.04. The lowest BCUT2D eigenvalue weighted by molar-refractivity contribution is -0.120. The Kier molecular flexibility index (Phi) is 5.71. The van der Waals surface area contributed by atoms with Gasteiger partial charge in [-0.25, -0.2) is 0 Å². The summed E-state index contributed by atoms with van der Waals surface area (Å²) in [7, 11) is -0.225. The Labute approximate surface area is 138 Å². The summed E-state index contributed by atoms with van der Waals surface area (Å²) in [4.78, 5) is 12.2. The van der Waals surface area contributed by atoms with Crippen molar-refractivity contribution in [2.24, 2.45) is 5.10 Å². The summed E-state index contributed by atoms with van der Waals surface area (Å²) < 4.78 is 31.7. The van der Waals surface area contributed by atoms with Crippen molar-refractivity contribution in [3.63, 3.8) is 0 Å². The fourth-order valence-corrected chi connectivity index (χ4v) is 3.60. The van der Waals surface area contributed by atoms with Gasteiger partial charge in [0.1, 0.15) is 0 Å². The molecule has 0 radical (unpaired) electrons. The van der Waals surface area contributed by atoms with Crippen LogP contribution in [0.4, 0.5) is 14.5 Å². The monoisotopic (exact) mass is 370 g/mol. The third-order valence-electron chi connectivity index (χ3n) is 2.78. The van der Waals surface area contributed by atoms with Gasteiger partial charge in [0.25, 0.3) is 5.91 Å². The number of rotatable bonds is 4. The highest BCUT2D eigenvalue weighted by molar-refractivity contribution is 8.12. The van der Waals surface area contributed by atoms with Crippen LogP contribution in [0.5, 0.6) is 0 Å². The van der Waals surface area contributed by atoms with E-state index in [0.717, 1.165) is 0 Å². The Morgan fingerprint density at radius 2 is 2.14 bits per heavy atom. The van der Waals surface area contributed by atoms with Crippen molar-refractivity contribution in [1.82, 2.24) is 4.53 Å². The summed E-state index contributed by atoms with van der Waals surface area (Å²) in [6.07, 6.45) is 0. The van der Waals surface area contributed by atoms with Crippen LogP contribution in [-0.2, 0) is 20.4 Å². The molecule has 1 aliphatic rings. The lowest BCUT2D eigenvalue weighted by atomic mass is 10.3. The zero-order chi connectivity index (χ0) is 16.3. The van der Waals surface area contributed by atoms with Gasteiger partial charge in [0.15, 0.2) is 17.5 Å². The molecule has 0 saturated carbocycles. The maximum atomic E-state index is 12.9. The fraction of sp³-hybridized carbons (Fsp3) is 0.333. The van der Waals surface area contributed by atoms with E-state index in [1.54, 1.807) is 31.3 Å². The first-order valence-corrected chi connectivity index (χ1v) is 8.16. The molecule has 5 nitrogen and oxygen atoms in total. The molecule has 0 N–H and O–H groups in total. The molecule has 2 rings (SSSR count). The summed E-state index contributed by atoms with van der Waals surface area (Å²) in [5.74, 6) is -3.18. The van der Waals surface area contributed by atoms with Crippen LogP contribution < -0.4 is 4.90 Å². The second kappa shape index (κ2) is 7.34. The smallest absolute Gasteiger partial charge is 0.430 e. The van der Waals surface area contributed by atoms with Crippen LogP contribution in [0.1, 0.15) is 0 Å². The molecular weight excluding hydrogens is 359 g/mol. The molecule has 0 aliphatic carbocycles. The highest BCUT2D eigenvalue weighted by Gasteiger charge is 2.55. The summed E-state index contributed by atoms with van der Waals surface area (Å²) in [5.41, 5.74) is 0.659. The van der Waals surface area contributed by atoms with E-state index in [1.807, 2.05) is 6.07 Å². The Morgan fingerprint density at radius 1 is 1.50 bits per heavy atom. The Balaban J connectivity index is 1.97. The first kappa shape index (κ1) is 17.1. The predicted molar refractivity (Wildman–Crippen MR) is 83.9 cm³/mol. The number of halogens is 4. The predicted octanol–water partition coefficient (Wildman–Crippen LogP) is 2.77. The van der Waals surface area contributed by atoms with Gasteiger partial charge in [0.05, 0.1) is 0 Å². The number of hydrogen-bond donors (Lipinski definition) is 0. The standard InChI is InChI=1S/C12H12Cl2F2N3O2S/c1-18(8-5-3-2-4-6-8)9(20)7-21-12-17-19(14)10(13)22(12)11(15)16/h2-6,10-11H,7H2,1H3/q+1. The SMILES string of the molecule is CN(C(=O)COC1=NN(Cl)C(Cl)[S+]1C(F)F)c1ccccc1. The van der Waals surface area contributed by atoms with Crippen LogP contribution in [0, 0.1) is 0 Å². The zero-order valence-corrected chi connectivity index (χ0v) is 13.7. The summed E-state index contributed by atoms with van der Waals surface area (Å²) in [6.45, 7) is -0.436. The average molecular weight is 371 g/mol. The van der Waals surface area contributed by atoms with Crippen LogP contribution in [0.2, 0.25) is 0 Å². The summed E-state index contributed by atoms with van der Waals surface area (Å²) >= 11 is 11.3. The van der Waals surface area contributed by atoms with Crippen molar-refractivity contribution < 1.29 is 18.3 Å². The Bertz CT molecular complexity index is 565. The molecule has 0 bridgehead atoms. The van der Waals surface area contributed by atoms with Gasteiger partial charge in [-0.2, -0.15) is 8.78 Å². The topological polar surface area (TPSA) is 45.1 Å². The second-order valence-corrected chi connectivity index (χ2v) is 7.07. The van der Waals surface area contributed by atoms with E-state index >= 15 is 0 Å². The van der Waals surface area contributed by atoms with E-state index in [9.17, 15) is 13.6 Å². The Morgan fingerprint density at radius 3 is 2.73 bits per heavy atom. The van der Waals surface area contributed by atoms with Crippen molar-refractivity contribution in [3.05, 3.63) is 30.3 Å². The van der Waals surface area contributed by atoms with E-state index in [-0.39, 0.29) is 5.23 Å². The van der Waals surface area contributed by atoms with Crippen LogP contribution in [-0.4, -0.2) is 39.9 Å². The van der Waals surface area contributed by atoms with Crippen molar-refractivity contribution in [2.75, 3.05) is 18.6 Å². The molecule has 1 aromatic carbocycles. The zero-order valence-electron chi connectivity index (χ0n) is 11.3. The minimum Gasteiger partial charge on any atom is -0.430 e. The molecule has 1 aromatic rings. The van der Waals surface area contributed by atoms with E-state index in [2.05, 4.69) is 5.10 Å². The number of alkyl halides is 3. The van der Waals surface area contributed by atoms with Crippen LogP contribution >= 0.6 is 23.4 Å². The van der Waals surface area contributed by atoms with Gasteiger partial charge >= 0.3 is 15.8 Å². The van der Waals surface area contributed by atoms with E-state index in [0.29, 0.717) is 10.2 Å². The van der Waals surface area contributed by atoms with Gasteiger partial charge < -0.3 is 9.64 Å². The maximum absolute atomic E-state index is 12.9. The molecule has 2 atom stereocenters. The lowest BCUT2D eigenvalue weighted by Crippen LogP contribution is -2.35. The maximum Gasteiger partial charge on any atom is 0.440 e. The van der Waals surface area contributed by atoms with E-state index < -0.39 is 34.0 Å². The van der Waals surface area contributed by atoms with Crippen LogP contribution in [0.15, 0.2) is 35.4 Å². The summed E-state index contributed by atoms with van der Waals surface area (Å²) in [5, 5.41) is 3.28. The van der Waals surface area contributed by atoms with Crippen LogP contribution in [0.25, 0.3) is 0 Å².